The van der Waals surface area contributed by atoms with Crippen molar-refractivity contribution in [2.75, 3.05) is 50.6 Å². The van der Waals surface area contributed by atoms with Crippen LogP contribution in [-0.4, -0.2) is 67.2 Å². The summed E-state index contributed by atoms with van der Waals surface area (Å²) in [6.07, 6.45) is -0.442. The number of carbonyl (C=O) groups excluding carboxylic acids is 2. The zero-order chi connectivity index (χ0) is 20.1. The molecule has 28 heavy (non-hydrogen) atoms. The number of aromatic nitrogens is 1. The number of aryl methyl sites for hydroxylation is 1. The van der Waals surface area contributed by atoms with E-state index in [1.54, 1.807) is 42.6 Å². The lowest BCUT2D eigenvalue weighted by atomic mass is 10.2. The number of carbonyl (C=O) groups is 2. The molecule has 0 unspecified atom stereocenters. The average Bonchev–Trinajstić information content (AvgIpc) is 3.12. The highest BCUT2D eigenvalue weighted by Crippen LogP contribution is 2.18. The number of rotatable bonds is 4. The van der Waals surface area contributed by atoms with E-state index in [9.17, 15) is 9.59 Å². The van der Waals surface area contributed by atoms with E-state index < -0.39 is 6.09 Å². The maximum atomic E-state index is 12.5. The molecule has 0 aliphatic carbocycles. The minimum absolute atomic E-state index is 0.113. The smallest absolute Gasteiger partial charge is 0.413 e. The van der Waals surface area contributed by atoms with Crippen LogP contribution >= 0.6 is 11.3 Å². The van der Waals surface area contributed by atoms with Gasteiger partial charge in [0, 0.05) is 56.5 Å². The zero-order valence-electron chi connectivity index (χ0n) is 16.3. The number of urea groups is 1. The van der Waals surface area contributed by atoms with E-state index >= 15 is 0 Å². The third-order valence-corrected chi connectivity index (χ3v) is 5.49. The van der Waals surface area contributed by atoms with Crippen molar-refractivity contribution in [3.8, 4) is 0 Å². The van der Waals surface area contributed by atoms with Gasteiger partial charge in [-0.3, -0.25) is 9.80 Å². The van der Waals surface area contributed by atoms with Crippen molar-refractivity contribution in [3.05, 3.63) is 40.3 Å². The molecule has 0 atom stereocenters. The van der Waals surface area contributed by atoms with Crippen LogP contribution in [0.5, 0.6) is 0 Å². The zero-order valence-corrected chi connectivity index (χ0v) is 17.2. The second-order valence-electron chi connectivity index (χ2n) is 6.63. The van der Waals surface area contributed by atoms with Crippen LogP contribution in [0.25, 0.3) is 0 Å². The Morgan fingerprint density at radius 3 is 2.46 bits per heavy atom. The van der Waals surface area contributed by atoms with Gasteiger partial charge in [0.05, 0.1) is 17.8 Å². The van der Waals surface area contributed by atoms with E-state index in [2.05, 4.69) is 20.6 Å². The molecule has 1 aliphatic rings. The van der Waals surface area contributed by atoms with Crippen LogP contribution in [0.15, 0.2) is 29.6 Å². The first-order valence-electron chi connectivity index (χ1n) is 9.07. The van der Waals surface area contributed by atoms with Gasteiger partial charge in [-0.1, -0.05) is 0 Å². The number of piperazine rings is 1. The van der Waals surface area contributed by atoms with Gasteiger partial charge in [0.15, 0.2) is 0 Å². The quantitative estimate of drug-likeness (QED) is 0.849. The van der Waals surface area contributed by atoms with Crippen LogP contribution in [0, 0.1) is 6.92 Å². The molecule has 0 saturated carbocycles. The SMILES string of the molecule is COC(=O)N(C)c1ccc(NC(=O)N2CCN(Cc3csc(C)n3)CC2)cc1. The van der Waals surface area contributed by atoms with Gasteiger partial charge in [0.25, 0.3) is 0 Å². The van der Waals surface area contributed by atoms with Gasteiger partial charge in [-0.2, -0.15) is 0 Å². The number of ether oxygens (including phenoxy) is 1. The molecule has 9 heteroatoms. The number of anilines is 2. The molecule has 3 rings (SSSR count). The summed E-state index contributed by atoms with van der Waals surface area (Å²) in [6.45, 7) is 5.85. The topological polar surface area (TPSA) is 78.0 Å². The third-order valence-electron chi connectivity index (χ3n) is 4.67. The van der Waals surface area contributed by atoms with Crippen molar-refractivity contribution >= 4 is 34.8 Å². The Kier molecular flexibility index (Phi) is 6.48. The van der Waals surface area contributed by atoms with E-state index in [-0.39, 0.29) is 6.03 Å². The van der Waals surface area contributed by atoms with Crippen LogP contribution in [0.1, 0.15) is 10.7 Å². The van der Waals surface area contributed by atoms with Crippen LogP contribution < -0.4 is 10.2 Å². The summed E-state index contributed by atoms with van der Waals surface area (Å²) in [4.78, 5) is 34.1. The van der Waals surface area contributed by atoms with Gasteiger partial charge < -0.3 is 15.0 Å². The number of nitrogens with one attached hydrogen (secondary N) is 1. The normalized spacial score (nSPS) is 14.6. The first kappa shape index (κ1) is 20.1. The van der Waals surface area contributed by atoms with E-state index in [0.717, 1.165) is 30.3 Å². The highest BCUT2D eigenvalue weighted by molar-refractivity contribution is 7.09. The fraction of sp³-hybridized carbons (Fsp3) is 0.421. The minimum atomic E-state index is -0.442. The summed E-state index contributed by atoms with van der Waals surface area (Å²) in [5.41, 5.74) is 2.47. The molecule has 0 spiro atoms. The van der Waals surface area contributed by atoms with E-state index in [1.165, 1.54) is 12.0 Å². The lowest BCUT2D eigenvalue weighted by Crippen LogP contribution is -2.49. The van der Waals surface area contributed by atoms with Gasteiger partial charge in [-0.05, 0) is 31.2 Å². The molecule has 1 saturated heterocycles. The second-order valence-corrected chi connectivity index (χ2v) is 7.69. The summed E-state index contributed by atoms with van der Waals surface area (Å²) in [6, 6.07) is 6.96. The predicted octanol–water partition coefficient (Wildman–Crippen LogP) is 3.00. The lowest BCUT2D eigenvalue weighted by Gasteiger charge is -2.34. The summed E-state index contributed by atoms with van der Waals surface area (Å²) in [5.74, 6) is 0. The predicted molar refractivity (Wildman–Crippen MR) is 110 cm³/mol. The standard InChI is InChI=1S/C19H25N5O3S/c1-14-20-16(13-28-14)12-23-8-10-24(11-9-23)18(25)21-15-4-6-17(7-5-15)22(2)19(26)27-3/h4-7,13H,8-12H2,1-3H3,(H,21,25). The second kappa shape index (κ2) is 9.03. The molecule has 3 amide bonds. The van der Waals surface area contributed by atoms with Gasteiger partial charge in [0.2, 0.25) is 0 Å². The van der Waals surface area contributed by atoms with Crippen LogP contribution in [0.3, 0.4) is 0 Å². The first-order valence-corrected chi connectivity index (χ1v) is 9.95. The fourth-order valence-electron chi connectivity index (χ4n) is 3.03. The molecule has 1 fully saturated rings. The van der Waals surface area contributed by atoms with E-state index in [4.69, 9.17) is 4.74 Å². The van der Waals surface area contributed by atoms with Crippen molar-refractivity contribution in [2.24, 2.45) is 0 Å². The molecule has 8 nitrogen and oxygen atoms in total. The molecule has 1 aromatic heterocycles. The van der Waals surface area contributed by atoms with Gasteiger partial charge in [-0.25, -0.2) is 14.6 Å². The van der Waals surface area contributed by atoms with Gasteiger partial charge >= 0.3 is 12.1 Å². The Bertz CT molecular complexity index is 815. The monoisotopic (exact) mass is 403 g/mol. The first-order chi connectivity index (χ1) is 13.5. The number of hydrogen-bond acceptors (Lipinski definition) is 6. The van der Waals surface area contributed by atoms with Crippen LogP contribution in [-0.2, 0) is 11.3 Å². The molecular weight excluding hydrogens is 378 g/mol. The Balaban J connectivity index is 1.48. The maximum absolute atomic E-state index is 12.5. The molecule has 1 aromatic carbocycles. The van der Waals surface area contributed by atoms with E-state index in [1.807, 2.05) is 11.8 Å². The van der Waals surface area contributed by atoms with E-state index in [0.29, 0.717) is 24.5 Å². The molecular formula is C19H25N5O3S. The Hall–Kier alpha value is -2.65. The lowest BCUT2D eigenvalue weighted by molar-refractivity contribution is 0.142. The highest BCUT2D eigenvalue weighted by Gasteiger charge is 2.21. The van der Waals surface area contributed by atoms with Gasteiger partial charge in [0.1, 0.15) is 0 Å². The minimum Gasteiger partial charge on any atom is -0.452 e. The number of hydrogen-bond donors (Lipinski definition) is 1. The highest BCUT2D eigenvalue weighted by atomic mass is 32.1. The Morgan fingerprint density at radius 2 is 1.89 bits per heavy atom. The third kappa shape index (κ3) is 4.99. The van der Waals surface area contributed by atoms with Crippen molar-refractivity contribution in [1.82, 2.24) is 14.8 Å². The average molecular weight is 404 g/mol. The summed E-state index contributed by atoms with van der Waals surface area (Å²) < 4.78 is 4.69. The molecule has 2 aromatic rings. The summed E-state index contributed by atoms with van der Waals surface area (Å²) in [5, 5.41) is 6.09. The van der Waals surface area contributed by atoms with Crippen molar-refractivity contribution in [3.63, 3.8) is 0 Å². The number of thiazole rings is 1. The van der Waals surface area contributed by atoms with Gasteiger partial charge in [-0.15, -0.1) is 11.3 Å². The Labute approximate surface area is 168 Å². The maximum Gasteiger partial charge on any atom is 0.413 e. The Morgan fingerprint density at radius 1 is 1.21 bits per heavy atom. The fourth-order valence-corrected chi connectivity index (χ4v) is 3.64. The molecule has 1 N–H and O–H groups in total. The largest absolute Gasteiger partial charge is 0.452 e. The summed E-state index contributed by atoms with van der Waals surface area (Å²) in [7, 11) is 2.97. The number of benzene rings is 1. The number of nitrogens with zero attached hydrogens (tertiary/aromatic N) is 4. The van der Waals surface area contributed by atoms with Crippen molar-refractivity contribution in [2.45, 2.75) is 13.5 Å². The summed E-state index contributed by atoms with van der Waals surface area (Å²) >= 11 is 1.66. The van der Waals surface area contributed by atoms with Crippen molar-refractivity contribution < 1.29 is 14.3 Å². The molecule has 0 bridgehead atoms. The van der Waals surface area contributed by atoms with Crippen molar-refractivity contribution in [1.29, 1.82) is 0 Å². The molecule has 1 aliphatic heterocycles. The molecule has 2 heterocycles. The van der Waals surface area contributed by atoms with Crippen LogP contribution in [0.4, 0.5) is 21.0 Å². The van der Waals surface area contributed by atoms with Crippen LogP contribution in [0.2, 0.25) is 0 Å². The number of methoxy groups -OCH3 is 1. The molecule has 150 valence electrons. The number of amides is 3. The molecule has 0 radical (unpaired) electrons.